The summed E-state index contributed by atoms with van der Waals surface area (Å²) in [6.07, 6.45) is 5.16. The maximum Gasteiger partial charge on any atom is 0.203 e. The first-order valence-electron chi connectivity index (χ1n) is 13.2. The van der Waals surface area contributed by atoms with E-state index in [0.717, 1.165) is 25.0 Å². The van der Waals surface area contributed by atoms with Crippen molar-refractivity contribution in [3.8, 4) is 22.9 Å². The summed E-state index contributed by atoms with van der Waals surface area (Å²) >= 11 is 7.11. The molecular weight excluding hydrogens is 555 g/mol. The molecule has 11 heteroatoms. The van der Waals surface area contributed by atoms with Crippen LogP contribution < -0.4 is 10.1 Å². The second-order valence-corrected chi connectivity index (χ2v) is 12.6. The molecule has 0 fully saturated rings. The van der Waals surface area contributed by atoms with E-state index in [4.69, 9.17) is 17.0 Å². The first-order chi connectivity index (χ1) is 19.0. The molecule has 3 heterocycles. The van der Waals surface area contributed by atoms with Crippen molar-refractivity contribution < 1.29 is 17.9 Å². The smallest absolute Gasteiger partial charge is 0.203 e. The number of thioether (sulfide) groups is 1. The van der Waals surface area contributed by atoms with Gasteiger partial charge in [0.05, 0.1) is 22.1 Å². The Morgan fingerprint density at radius 2 is 2.00 bits per heavy atom. The Kier molecular flexibility index (Phi) is 8.15. The quantitative estimate of drug-likeness (QED) is 0.223. The Hall–Kier alpha value is -3.05. The molecule has 4 aromatic rings. The molecule has 1 atom stereocenters. The van der Waals surface area contributed by atoms with Crippen molar-refractivity contribution in [3.63, 3.8) is 0 Å². The summed E-state index contributed by atoms with van der Waals surface area (Å²) in [7, 11) is 1.71. The Morgan fingerprint density at radius 3 is 2.77 bits per heavy atom. The van der Waals surface area contributed by atoms with E-state index in [2.05, 4.69) is 34.2 Å². The molecule has 2 aromatic heterocycles. The van der Waals surface area contributed by atoms with Crippen molar-refractivity contribution in [1.29, 1.82) is 0 Å². The Balaban J connectivity index is 1.68. The topological polar surface area (TPSA) is 67.8 Å². The van der Waals surface area contributed by atoms with Crippen LogP contribution in [-0.4, -0.2) is 36.2 Å². The number of ether oxygens (including phenoxy) is 1. The Morgan fingerprint density at radius 1 is 1.20 bits per heavy atom. The molecule has 5 rings (SSSR count). The predicted molar refractivity (Wildman–Crippen MR) is 157 cm³/mol. The van der Waals surface area contributed by atoms with Gasteiger partial charge < -0.3 is 15.0 Å². The van der Waals surface area contributed by atoms with Crippen molar-refractivity contribution in [3.05, 3.63) is 59.3 Å². The van der Waals surface area contributed by atoms with E-state index in [1.165, 1.54) is 22.9 Å². The molecule has 0 saturated carbocycles. The second-order valence-electron chi connectivity index (χ2n) is 11.0. The zero-order chi connectivity index (χ0) is 28.6. The van der Waals surface area contributed by atoms with Crippen LogP contribution in [0.2, 0.25) is 0 Å². The average Bonchev–Trinajstić information content (AvgIpc) is 3.52. The largest absolute Gasteiger partial charge is 0.454 e. The maximum absolute atomic E-state index is 15.8. The lowest BCUT2D eigenvalue weighted by Gasteiger charge is -2.27. The van der Waals surface area contributed by atoms with E-state index in [1.807, 2.05) is 0 Å². The van der Waals surface area contributed by atoms with Gasteiger partial charge in [-0.2, -0.15) is 21.3 Å². The first-order valence-corrected chi connectivity index (χ1v) is 14.8. The summed E-state index contributed by atoms with van der Waals surface area (Å²) in [6.45, 7) is 6.22. The fourth-order valence-electron chi connectivity index (χ4n) is 5.16. The molecule has 0 saturated heterocycles. The van der Waals surface area contributed by atoms with E-state index < -0.39 is 23.5 Å². The number of halogens is 3. The molecule has 0 aliphatic carbocycles. The van der Waals surface area contributed by atoms with Gasteiger partial charge >= 0.3 is 0 Å². The van der Waals surface area contributed by atoms with Crippen LogP contribution in [0.1, 0.15) is 57.5 Å². The first kappa shape index (κ1) is 28.5. The van der Waals surface area contributed by atoms with Crippen molar-refractivity contribution >= 4 is 39.9 Å². The molecular formula is C29H32F3N5OS2. The van der Waals surface area contributed by atoms with Gasteiger partial charge in [-0.05, 0) is 55.2 Å². The Bertz CT molecular complexity index is 1570. The van der Waals surface area contributed by atoms with Crippen LogP contribution in [0, 0.1) is 22.9 Å². The number of H-pyrrole nitrogens is 1. The van der Waals surface area contributed by atoms with Crippen LogP contribution in [0.5, 0.6) is 11.5 Å². The molecule has 2 aromatic carbocycles. The summed E-state index contributed by atoms with van der Waals surface area (Å²) < 4.78 is 53.7. The predicted octanol–water partition coefficient (Wildman–Crippen LogP) is 7.64. The number of hydrogen-bond donors (Lipinski definition) is 2. The van der Waals surface area contributed by atoms with E-state index in [1.54, 1.807) is 38.0 Å². The monoisotopic (exact) mass is 587 g/mol. The van der Waals surface area contributed by atoms with E-state index in [-0.39, 0.29) is 28.0 Å². The SMILES string of the molecule is CC(=S)NC1CSCC(C)(C)CCCCc2nc(n(C)n2)-c2cc(ccc2F)Oc2c(F)c(F)c3[nH]ccc3c21. The number of thiocarbonyl (C=S) groups is 1. The van der Waals surface area contributed by atoms with E-state index in [9.17, 15) is 0 Å². The van der Waals surface area contributed by atoms with Gasteiger partial charge in [0, 0.05) is 36.4 Å². The highest BCUT2D eigenvalue weighted by molar-refractivity contribution is 7.99. The van der Waals surface area contributed by atoms with Gasteiger partial charge in [0.25, 0.3) is 0 Å². The number of fused-ring (bicyclic) bond motifs is 8. The van der Waals surface area contributed by atoms with Crippen molar-refractivity contribution in [2.45, 2.75) is 52.5 Å². The number of aromatic amines is 1. The molecule has 6 nitrogen and oxygen atoms in total. The van der Waals surface area contributed by atoms with Gasteiger partial charge in [0.1, 0.15) is 11.6 Å². The molecule has 40 heavy (non-hydrogen) atoms. The van der Waals surface area contributed by atoms with Crippen LogP contribution in [-0.2, 0) is 13.5 Å². The lowest BCUT2D eigenvalue weighted by Crippen LogP contribution is -2.28. The fourth-order valence-corrected chi connectivity index (χ4v) is 6.60. The van der Waals surface area contributed by atoms with Crippen molar-refractivity contribution in [2.75, 3.05) is 11.5 Å². The standard InChI is InChI=1S/C29H32F3N5OS2/c1-16(39)34-21-14-40-15-29(2,3)11-6-5-7-22-35-28(37(4)36-22)19-13-17(8-9-20(19)30)38-27-23(21)18-10-12-33-26(18)24(31)25(27)32/h8-10,12-13,21,33H,5-7,11,14-15H2,1-4H3,(H,34,39). The number of aryl methyl sites for hydroxylation is 2. The average molecular weight is 588 g/mol. The van der Waals surface area contributed by atoms with E-state index >= 15 is 13.2 Å². The summed E-state index contributed by atoms with van der Waals surface area (Å²) in [5, 5.41) is 8.26. The molecule has 4 bridgehead atoms. The number of aromatic nitrogens is 4. The fraction of sp³-hybridized carbons (Fsp3) is 0.414. The van der Waals surface area contributed by atoms with Crippen molar-refractivity contribution in [2.24, 2.45) is 12.5 Å². The third kappa shape index (κ3) is 5.85. The van der Waals surface area contributed by atoms with Gasteiger partial charge in [-0.1, -0.05) is 32.5 Å². The number of rotatable bonds is 1. The lowest BCUT2D eigenvalue weighted by atomic mass is 9.89. The molecule has 2 N–H and O–H groups in total. The molecule has 1 unspecified atom stereocenters. The molecule has 0 spiro atoms. The molecule has 1 aliphatic heterocycles. The third-order valence-electron chi connectivity index (χ3n) is 7.11. The van der Waals surface area contributed by atoms with Crippen LogP contribution >= 0.6 is 24.0 Å². The Labute approximate surface area is 241 Å². The minimum Gasteiger partial charge on any atom is -0.454 e. The highest BCUT2D eigenvalue weighted by Crippen LogP contribution is 2.42. The number of nitrogens with one attached hydrogen (secondary N) is 2. The van der Waals surface area contributed by atoms with Gasteiger partial charge in [-0.3, -0.25) is 0 Å². The summed E-state index contributed by atoms with van der Waals surface area (Å²) in [4.78, 5) is 7.92. The molecule has 212 valence electrons. The summed E-state index contributed by atoms with van der Waals surface area (Å²) in [5.41, 5.74) is 0.698. The highest BCUT2D eigenvalue weighted by Gasteiger charge is 2.29. The van der Waals surface area contributed by atoms with Gasteiger partial charge in [-0.15, -0.1) is 0 Å². The van der Waals surface area contributed by atoms with Crippen LogP contribution in [0.3, 0.4) is 0 Å². The van der Waals surface area contributed by atoms with Crippen LogP contribution in [0.15, 0.2) is 30.5 Å². The minimum absolute atomic E-state index is 0.0487. The molecule has 1 aliphatic rings. The van der Waals surface area contributed by atoms with Gasteiger partial charge in [0.15, 0.2) is 23.2 Å². The van der Waals surface area contributed by atoms with Crippen molar-refractivity contribution in [1.82, 2.24) is 25.1 Å². The second kappa shape index (κ2) is 11.4. The highest BCUT2D eigenvalue weighted by atomic mass is 32.2. The zero-order valence-corrected chi connectivity index (χ0v) is 24.5. The summed E-state index contributed by atoms with van der Waals surface area (Å²) in [5.74, 6) is -0.450. The number of hydrogen-bond acceptors (Lipinski definition) is 5. The summed E-state index contributed by atoms with van der Waals surface area (Å²) in [6, 6.07) is 5.29. The van der Waals surface area contributed by atoms with Gasteiger partial charge in [-0.25, -0.2) is 18.4 Å². The number of nitrogens with zero attached hydrogens (tertiary/aromatic N) is 3. The molecule has 0 radical (unpaired) electrons. The zero-order valence-electron chi connectivity index (χ0n) is 22.9. The van der Waals surface area contributed by atoms with Crippen LogP contribution in [0.4, 0.5) is 13.2 Å². The molecule has 0 amide bonds. The maximum atomic E-state index is 15.8. The van der Waals surface area contributed by atoms with Crippen LogP contribution in [0.25, 0.3) is 22.3 Å². The number of benzene rings is 2. The minimum atomic E-state index is -1.13. The third-order valence-corrected chi connectivity index (χ3v) is 8.78. The normalized spacial score (nSPS) is 17.9. The lowest BCUT2D eigenvalue weighted by molar-refractivity contribution is 0.368. The van der Waals surface area contributed by atoms with Gasteiger partial charge in [0.2, 0.25) is 5.82 Å². The van der Waals surface area contributed by atoms with E-state index in [0.29, 0.717) is 39.8 Å².